The third-order valence-electron chi connectivity index (χ3n) is 4.62. The van der Waals surface area contributed by atoms with E-state index in [9.17, 15) is 9.59 Å². The van der Waals surface area contributed by atoms with Crippen molar-refractivity contribution in [1.29, 1.82) is 0 Å². The first-order valence-corrected chi connectivity index (χ1v) is 10.9. The van der Waals surface area contributed by atoms with Crippen molar-refractivity contribution >= 4 is 46.0 Å². The van der Waals surface area contributed by atoms with Gasteiger partial charge in [0, 0.05) is 24.1 Å². The third-order valence-corrected chi connectivity index (χ3v) is 5.67. The van der Waals surface area contributed by atoms with E-state index >= 15 is 0 Å². The number of fused-ring (bicyclic) bond motifs is 1. The van der Waals surface area contributed by atoms with Gasteiger partial charge in [-0.05, 0) is 42.0 Å². The van der Waals surface area contributed by atoms with Crippen LogP contribution < -0.4 is 10.6 Å². The van der Waals surface area contributed by atoms with E-state index in [0.717, 1.165) is 21.9 Å². The molecule has 0 aliphatic rings. The van der Waals surface area contributed by atoms with Gasteiger partial charge in [-0.3, -0.25) is 9.59 Å². The number of benzene rings is 3. The number of aromatic nitrogens is 2. The first kappa shape index (κ1) is 20.7. The fourth-order valence-corrected chi connectivity index (χ4v) is 4.19. The first-order valence-electron chi connectivity index (χ1n) is 9.88. The molecular formula is C24H22N4O2S. The Morgan fingerprint density at radius 2 is 1.52 bits per heavy atom. The van der Waals surface area contributed by atoms with Crippen LogP contribution in [0.1, 0.15) is 12.5 Å². The molecule has 31 heavy (non-hydrogen) atoms. The summed E-state index contributed by atoms with van der Waals surface area (Å²) in [6.07, 6.45) is 0. The Morgan fingerprint density at radius 3 is 2.23 bits per heavy atom. The zero-order chi connectivity index (χ0) is 21.6. The Kier molecular flexibility index (Phi) is 6.33. The molecule has 0 saturated heterocycles. The molecule has 3 aromatic carbocycles. The van der Waals surface area contributed by atoms with E-state index in [1.807, 2.05) is 47.0 Å². The Bertz CT molecular complexity index is 1200. The molecule has 0 spiro atoms. The number of carbonyl (C=O) groups is 2. The van der Waals surface area contributed by atoms with Crippen LogP contribution in [-0.4, -0.2) is 21.4 Å². The SMILES string of the molecule is CC(=O)Nc1ccc(NC(=O)Cn2c(SCc3ccccc3)nc3ccccc32)cc1. The summed E-state index contributed by atoms with van der Waals surface area (Å²) >= 11 is 1.61. The van der Waals surface area contributed by atoms with E-state index in [4.69, 9.17) is 4.98 Å². The molecule has 156 valence electrons. The second kappa shape index (κ2) is 9.49. The molecule has 7 heteroatoms. The lowest BCUT2D eigenvalue weighted by Gasteiger charge is -2.10. The molecule has 0 fully saturated rings. The zero-order valence-corrected chi connectivity index (χ0v) is 17.9. The average molecular weight is 431 g/mol. The molecule has 4 aromatic rings. The number of imidazole rings is 1. The van der Waals surface area contributed by atoms with Gasteiger partial charge >= 0.3 is 0 Å². The highest BCUT2D eigenvalue weighted by Crippen LogP contribution is 2.27. The second-order valence-electron chi connectivity index (χ2n) is 7.05. The average Bonchev–Trinajstić information content (AvgIpc) is 3.11. The molecule has 2 N–H and O–H groups in total. The van der Waals surface area contributed by atoms with E-state index in [2.05, 4.69) is 22.8 Å². The quantitative estimate of drug-likeness (QED) is 0.408. The number of amides is 2. The molecule has 0 aliphatic heterocycles. The van der Waals surface area contributed by atoms with E-state index in [0.29, 0.717) is 11.4 Å². The van der Waals surface area contributed by atoms with Crippen molar-refractivity contribution in [2.24, 2.45) is 0 Å². The Morgan fingerprint density at radius 1 is 0.871 bits per heavy atom. The molecule has 0 unspecified atom stereocenters. The number of nitrogens with one attached hydrogen (secondary N) is 2. The summed E-state index contributed by atoms with van der Waals surface area (Å²) in [4.78, 5) is 28.7. The fraction of sp³-hybridized carbons (Fsp3) is 0.125. The summed E-state index contributed by atoms with van der Waals surface area (Å²) in [5, 5.41) is 6.43. The molecule has 0 radical (unpaired) electrons. The number of thioether (sulfide) groups is 1. The summed E-state index contributed by atoms with van der Waals surface area (Å²) in [5.41, 5.74) is 4.35. The van der Waals surface area contributed by atoms with Gasteiger partial charge in [0.15, 0.2) is 5.16 Å². The zero-order valence-electron chi connectivity index (χ0n) is 17.0. The summed E-state index contributed by atoms with van der Waals surface area (Å²) in [6.45, 7) is 1.61. The van der Waals surface area contributed by atoms with Crippen molar-refractivity contribution < 1.29 is 9.59 Å². The van der Waals surface area contributed by atoms with E-state index in [-0.39, 0.29) is 18.4 Å². The Balaban J connectivity index is 1.50. The van der Waals surface area contributed by atoms with Crippen molar-refractivity contribution in [2.75, 3.05) is 10.6 Å². The van der Waals surface area contributed by atoms with Crippen LogP contribution in [0, 0.1) is 0 Å². The van der Waals surface area contributed by atoms with Crippen LogP contribution in [0.25, 0.3) is 11.0 Å². The van der Waals surface area contributed by atoms with Gasteiger partial charge < -0.3 is 15.2 Å². The number of rotatable bonds is 7. The lowest BCUT2D eigenvalue weighted by Crippen LogP contribution is -2.19. The largest absolute Gasteiger partial charge is 0.326 e. The van der Waals surface area contributed by atoms with E-state index in [1.165, 1.54) is 12.5 Å². The number of hydrogen-bond donors (Lipinski definition) is 2. The molecule has 1 aromatic heterocycles. The van der Waals surface area contributed by atoms with Gasteiger partial charge in [-0.15, -0.1) is 0 Å². The van der Waals surface area contributed by atoms with Crippen LogP contribution in [0.5, 0.6) is 0 Å². The standard InChI is InChI=1S/C24H22N4O2S/c1-17(29)25-19-11-13-20(14-12-19)26-23(30)15-28-22-10-6-5-9-21(22)27-24(28)31-16-18-7-3-2-4-8-18/h2-14H,15-16H2,1H3,(H,25,29)(H,26,30). The van der Waals surface area contributed by atoms with Gasteiger partial charge in [-0.2, -0.15) is 0 Å². The van der Waals surface area contributed by atoms with Gasteiger partial charge in [0.2, 0.25) is 11.8 Å². The highest BCUT2D eigenvalue weighted by Gasteiger charge is 2.14. The van der Waals surface area contributed by atoms with Gasteiger partial charge in [-0.1, -0.05) is 54.2 Å². The molecule has 0 atom stereocenters. The van der Waals surface area contributed by atoms with Crippen molar-refractivity contribution in [3.63, 3.8) is 0 Å². The molecule has 2 amide bonds. The minimum atomic E-state index is -0.142. The molecule has 0 bridgehead atoms. The van der Waals surface area contributed by atoms with Gasteiger partial charge in [-0.25, -0.2) is 4.98 Å². The minimum absolute atomic E-state index is 0.135. The van der Waals surface area contributed by atoms with E-state index in [1.54, 1.807) is 36.0 Å². The fourth-order valence-electron chi connectivity index (χ4n) is 3.22. The first-order chi connectivity index (χ1) is 15.1. The number of hydrogen-bond acceptors (Lipinski definition) is 4. The maximum atomic E-state index is 12.8. The van der Waals surface area contributed by atoms with Crippen LogP contribution in [0.2, 0.25) is 0 Å². The monoisotopic (exact) mass is 430 g/mol. The molecule has 0 aliphatic carbocycles. The van der Waals surface area contributed by atoms with Crippen molar-refractivity contribution in [3.8, 4) is 0 Å². The van der Waals surface area contributed by atoms with Crippen LogP contribution >= 0.6 is 11.8 Å². The second-order valence-corrected chi connectivity index (χ2v) is 7.99. The molecule has 1 heterocycles. The minimum Gasteiger partial charge on any atom is -0.326 e. The van der Waals surface area contributed by atoms with Crippen molar-refractivity contribution in [1.82, 2.24) is 9.55 Å². The van der Waals surface area contributed by atoms with Crippen molar-refractivity contribution in [2.45, 2.75) is 24.4 Å². The number of carbonyl (C=O) groups excluding carboxylic acids is 2. The number of para-hydroxylation sites is 2. The highest BCUT2D eigenvalue weighted by molar-refractivity contribution is 7.98. The lowest BCUT2D eigenvalue weighted by molar-refractivity contribution is -0.117. The Hall–Kier alpha value is -3.58. The van der Waals surface area contributed by atoms with E-state index < -0.39 is 0 Å². The molecule has 0 saturated carbocycles. The normalized spacial score (nSPS) is 10.7. The van der Waals surface area contributed by atoms with Gasteiger partial charge in [0.25, 0.3) is 0 Å². The third kappa shape index (κ3) is 5.32. The predicted octanol–water partition coefficient (Wildman–Crippen LogP) is 4.93. The maximum absolute atomic E-state index is 12.8. The summed E-state index contributed by atoms with van der Waals surface area (Å²) < 4.78 is 1.95. The summed E-state index contributed by atoms with van der Waals surface area (Å²) in [6, 6.07) is 25.1. The predicted molar refractivity (Wildman–Crippen MR) is 125 cm³/mol. The van der Waals surface area contributed by atoms with Crippen LogP contribution in [-0.2, 0) is 21.9 Å². The summed E-state index contributed by atoms with van der Waals surface area (Å²) in [5.74, 6) is 0.498. The molecule has 6 nitrogen and oxygen atoms in total. The lowest BCUT2D eigenvalue weighted by atomic mass is 10.2. The molecular weight excluding hydrogens is 408 g/mol. The number of anilines is 2. The van der Waals surface area contributed by atoms with Crippen LogP contribution in [0.4, 0.5) is 11.4 Å². The maximum Gasteiger partial charge on any atom is 0.244 e. The van der Waals surface area contributed by atoms with Crippen molar-refractivity contribution in [3.05, 3.63) is 84.4 Å². The van der Waals surface area contributed by atoms with Gasteiger partial charge in [0.1, 0.15) is 6.54 Å². The Labute approximate surface area is 184 Å². The van der Waals surface area contributed by atoms with Crippen LogP contribution in [0.3, 0.4) is 0 Å². The number of nitrogens with zero attached hydrogens (tertiary/aromatic N) is 2. The topological polar surface area (TPSA) is 76.0 Å². The van der Waals surface area contributed by atoms with Gasteiger partial charge in [0.05, 0.1) is 11.0 Å². The van der Waals surface area contributed by atoms with Crippen LogP contribution in [0.15, 0.2) is 84.0 Å². The smallest absolute Gasteiger partial charge is 0.244 e. The highest BCUT2D eigenvalue weighted by atomic mass is 32.2. The molecule has 4 rings (SSSR count). The summed E-state index contributed by atoms with van der Waals surface area (Å²) in [7, 11) is 0.